The Labute approximate surface area is 134 Å². The number of carbonyl (C=O) groups excluding carboxylic acids is 1. The number of benzene rings is 1. The van der Waals surface area contributed by atoms with Crippen molar-refractivity contribution in [1.82, 2.24) is 10.6 Å². The molecule has 0 heterocycles. The van der Waals surface area contributed by atoms with Crippen molar-refractivity contribution in [3.8, 4) is 5.75 Å². The maximum Gasteiger partial charge on any atom is 0.387 e. The van der Waals surface area contributed by atoms with Gasteiger partial charge < -0.3 is 20.5 Å². The van der Waals surface area contributed by atoms with Crippen LogP contribution in [-0.2, 0) is 11.3 Å². The highest BCUT2D eigenvalue weighted by Gasteiger charge is 2.32. The van der Waals surface area contributed by atoms with Crippen LogP contribution in [0.25, 0.3) is 0 Å². The van der Waals surface area contributed by atoms with Crippen molar-refractivity contribution in [2.75, 3.05) is 13.2 Å². The third-order valence-electron chi connectivity index (χ3n) is 4.13. The summed E-state index contributed by atoms with van der Waals surface area (Å²) in [6, 6.07) is 6.12. The van der Waals surface area contributed by atoms with Crippen LogP contribution >= 0.6 is 0 Å². The Balaban J connectivity index is 1.73. The summed E-state index contributed by atoms with van der Waals surface area (Å²) < 4.78 is 28.3. The molecule has 0 spiro atoms. The van der Waals surface area contributed by atoms with E-state index in [0.29, 0.717) is 6.54 Å². The van der Waals surface area contributed by atoms with Crippen molar-refractivity contribution in [3.05, 3.63) is 29.8 Å². The number of halogens is 2. The van der Waals surface area contributed by atoms with Crippen LogP contribution in [0.1, 0.15) is 31.2 Å². The molecule has 0 saturated heterocycles. The van der Waals surface area contributed by atoms with Gasteiger partial charge in [0.2, 0.25) is 5.91 Å². The fourth-order valence-corrected chi connectivity index (χ4v) is 2.76. The average Bonchev–Trinajstić information content (AvgIpc) is 3.01. The summed E-state index contributed by atoms with van der Waals surface area (Å²) in [7, 11) is 0. The summed E-state index contributed by atoms with van der Waals surface area (Å²) >= 11 is 0. The summed E-state index contributed by atoms with van der Waals surface area (Å²) in [4.78, 5) is 11.9. The van der Waals surface area contributed by atoms with Gasteiger partial charge in [-0.2, -0.15) is 8.78 Å². The van der Waals surface area contributed by atoms with E-state index in [-0.39, 0.29) is 30.3 Å². The normalized spacial score (nSPS) is 16.5. The molecule has 7 heteroatoms. The van der Waals surface area contributed by atoms with Crippen molar-refractivity contribution in [2.24, 2.45) is 0 Å². The average molecular weight is 328 g/mol. The first-order valence-electron chi connectivity index (χ1n) is 7.69. The number of hydrogen-bond acceptors (Lipinski definition) is 4. The van der Waals surface area contributed by atoms with Gasteiger partial charge in [-0.25, -0.2) is 0 Å². The molecule has 0 aromatic heterocycles. The van der Waals surface area contributed by atoms with Gasteiger partial charge in [0.25, 0.3) is 0 Å². The van der Waals surface area contributed by atoms with Crippen LogP contribution < -0.4 is 15.4 Å². The largest absolute Gasteiger partial charge is 0.435 e. The van der Waals surface area contributed by atoms with E-state index in [4.69, 9.17) is 0 Å². The van der Waals surface area contributed by atoms with Crippen molar-refractivity contribution in [2.45, 2.75) is 44.4 Å². The van der Waals surface area contributed by atoms with E-state index in [9.17, 15) is 18.7 Å². The van der Waals surface area contributed by atoms with E-state index in [1.807, 2.05) is 0 Å². The molecule has 0 radical (unpaired) electrons. The molecule has 0 atom stereocenters. The van der Waals surface area contributed by atoms with Crippen LogP contribution in [0.4, 0.5) is 8.78 Å². The van der Waals surface area contributed by atoms with E-state index in [0.717, 1.165) is 31.2 Å². The molecule has 23 heavy (non-hydrogen) atoms. The lowest BCUT2D eigenvalue weighted by atomic mass is 9.99. The summed E-state index contributed by atoms with van der Waals surface area (Å²) in [5.74, 6) is -0.0829. The molecule has 3 N–H and O–H groups in total. The molecule has 0 bridgehead atoms. The van der Waals surface area contributed by atoms with Crippen molar-refractivity contribution >= 4 is 5.91 Å². The van der Waals surface area contributed by atoms with E-state index < -0.39 is 6.61 Å². The zero-order valence-corrected chi connectivity index (χ0v) is 12.9. The van der Waals surface area contributed by atoms with Gasteiger partial charge in [-0.3, -0.25) is 4.79 Å². The van der Waals surface area contributed by atoms with Crippen LogP contribution in [0.5, 0.6) is 5.75 Å². The number of amides is 1. The zero-order chi connectivity index (χ0) is 16.7. The Morgan fingerprint density at radius 3 is 2.48 bits per heavy atom. The van der Waals surface area contributed by atoms with Gasteiger partial charge in [0.1, 0.15) is 5.75 Å². The Bertz CT molecular complexity index is 503. The number of ether oxygens (including phenoxy) is 1. The molecule has 1 fully saturated rings. The third kappa shape index (κ3) is 5.44. The standard InChI is InChI=1S/C16H22F2N2O3/c17-15(18)23-13-5-3-12(4-6-13)9-19-14(22)10-20-16(11-21)7-1-2-8-16/h3-6,15,20-21H,1-2,7-11H2,(H,19,22). The van der Waals surface area contributed by atoms with Gasteiger partial charge in [-0.15, -0.1) is 0 Å². The van der Waals surface area contributed by atoms with Crippen molar-refractivity contribution < 1.29 is 23.4 Å². The summed E-state index contributed by atoms with van der Waals surface area (Å²) in [5.41, 5.74) is 0.462. The highest BCUT2D eigenvalue weighted by molar-refractivity contribution is 5.78. The van der Waals surface area contributed by atoms with Crippen LogP contribution in [0.3, 0.4) is 0 Å². The number of rotatable bonds is 8. The number of aliphatic hydroxyl groups excluding tert-OH is 1. The second kappa shape index (κ2) is 8.21. The van der Waals surface area contributed by atoms with Gasteiger partial charge in [0, 0.05) is 12.1 Å². The van der Waals surface area contributed by atoms with Gasteiger partial charge in [-0.05, 0) is 30.5 Å². The number of aliphatic hydroxyl groups is 1. The molecule has 1 aromatic rings. The fraction of sp³-hybridized carbons (Fsp3) is 0.562. The molecule has 0 aliphatic heterocycles. The maximum absolute atomic E-state index is 12.0. The maximum atomic E-state index is 12.0. The lowest BCUT2D eigenvalue weighted by molar-refractivity contribution is -0.120. The SMILES string of the molecule is O=C(CNC1(CO)CCCC1)NCc1ccc(OC(F)F)cc1. The zero-order valence-electron chi connectivity index (χ0n) is 12.9. The van der Waals surface area contributed by atoms with Crippen molar-refractivity contribution in [3.63, 3.8) is 0 Å². The lowest BCUT2D eigenvalue weighted by Gasteiger charge is -2.27. The first kappa shape index (κ1) is 17.6. The van der Waals surface area contributed by atoms with E-state index in [2.05, 4.69) is 15.4 Å². The molecular formula is C16H22F2N2O3. The predicted octanol–water partition coefficient (Wildman–Crippen LogP) is 1.80. The number of carbonyl (C=O) groups is 1. The van der Waals surface area contributed by atoms with Crippen molar-refractivity contribution in [1.29, 1.82) is 0 Å². The van der Waals surface area contributed by atoms with Crippen LogP contribution in [0.2, 0.25) is 0 Å². The quantitative estimate of drug-likeness (QED) is 0.680. The van der Waals surface area contributed by atoms with Gasteiger partial charge >= 0.3 is 6.61 Å². The number of alkyl halides is 2. The predicted molar refractivity (Wildman–Crippen MR) is 81.2 cm³/mol. The minimum Gasteiger partial charge on any atom is -0.435 e. The van der Waals surface area contributed by atoms with Crippen LogP contribution in [0, 0.1) is 0 Å². The van der Waals surface area contributed by atoms with E-state index in [1.165, 1.54) is 12.1 Å². The highest BCUT2D eigenvalue weighted by atomic mass is 19.3. The minimum atomic E-state index is -2.85. The van der Waals surface area contributed by atoms with Gasteiger partial charge in [0.05, 0.1) is 13.2 Å². The molecule has 5 nitrogen and oxygen atoms in total. The lowest BCUT2D eigenvalue weighted by Crippen LogP contribution is -2.50. The first-order valence-corrected chi connectivity index (χ1v) is 7.69. The smallest absolute Gasteiger partial charge is 0.387 e. The Kier molecular flexibility index (Phi) is 6.29. The summed E-state index contributed by atoms with van der Waals surface area (Å²) in [6.07, 6.45) is 3.87. The highest BCUT2D eigenvalue weighted by Crippen LogP contribution is 2.28. The monoisotopic (exact) mass is 328 g/mol. The number of nitrogens with one attached hydrogen (secondary N) is 2. The van der Waals surface area contributed by atoms with Crippen LogP contribution in [0.15, 0.2) is 24.3 Å². The molecule has 128 valence electrons. The van der Waals surface area contributed by atoms with E-state index >= 15 is 0 Å². The minimum absolute atomic E-state index is 0.0336. The molecule has 1 amide bonds. The Hall–Kier alpha value is -1.73. The number of hydrogen-bond donors (Lipinski definition) is 3. The Morgan fingerprint density at radius 2 is 1.91 bits per heavy atom. The van der Waals surface area contributed by atoms with Gasteiger partial charge in [0.15, 0.2) is 0 Å². The molecule has 1 aromatic carbocycles. The summed E-state index contributed by atoms with van der Waals surface area (Å²) in [5, 5.41) is 15.4. The Morgan fingerprint density at radius 1 is 1.26 bits per heavy atom. The molecule has 1 aliphatic carbocycles. The topological polar surface area (TPSA) is 70.6 Å². The first-order chi connectivity index (χ1) is 11.0. The molecule has 1 aliphatic rings. The molecule has 1 saturated carbocycles. The fourth-order valence-electron chi connectivity index (χ4n) is 2.76. The van der Waals surface area contributed by atoms with Gasteiger partial charge in [-0.1, -0.05) is 25.0 Å². The third-order valence-corrected chi connectivity index (χ3v) is 4.13. The second-order valence-electron chi connectivity index (χ2n) is 5.80. The van der Waals surface area contributed by atoms with Crippen LogP contribution in [-0.4, -0.2) is 36.3 Å². The van der Waals surface area contributed by atoms with E-state index in [1.54, 1.807) is 12.1 Å². The molecule has 2 rings (SSSR count). The molecule has 0 unspecified atom stereocenters. The second-order valence-corrected chi connectivity index (χ2v) is 5.80. The molecular weight excluding hydrogens is 306 g/mol. The summed E-state index contributed by atoms with van der Waals surface area (Å²) in [6.45, 7) is -2.36.